The van der Waals surface area contributed by atoms with Crippen LogP contribution in [0.15, 0.2) is 48.5 Å². The summed E-state index contributed by atoms with van der Waals surface area (Å²) >= 11 is 0. The molecule has 0 saturated carbocycles. The van der Waals surface area contributed by atoms with Gasteiger partial charge in [0.25, 0.3) is 0 Å². The number of ether oxygens (including phenoxy) is 1. The highest BCUT2D eigenvalue weighted by molar-refractivity contribution is 5.65. The molecule has 2 aromatic rings. The number of piperidine rings is 1. The maximum Gasteiger partial charge on any atom is 0.405 e. The van der Waals surface area contributed by atoms with Crippen molar-refractivity contribution in [1.82, 2.24) is 4.90 Å². The van der Waals surface area contributed by atoms with E-state index in [2.05, 4.69) is 18.9 Å². The van der Waals surface area contributed by atoms with E-state index in [0.29, 0.717) is 11.1 Å². The standard InChI is InChI=1S/C14H11F2NO2.C7H15N/c15-11-5-1-9(2-6-11)13(19-14(17)18)10-3-7-12(16)8-4-10;1-7-3-5-8(2)6-4-7/h1-8,13H,(H2,17,18);7H,3-6H2,1-2H3. The van der Waals surface area contributed by atoms with Gasteiger partial charge in [0, 0.05) is 0 Å². The Morgan fingerprint density at radius 1 is 1.00 bits per heavy atom. The summed E-state index contributed by atoms with van der Waals surface area (Å²) in [5.41, 5.74) is 6.11. The fourth-order valence-electron chi connectivity index (χ4n) is 2.86. The number of hydrogen-bond acceptors (Lipinski definition) is 3. The van der Waals surface area contributed by atoms with E-state index in [1.807, 2.05) is 0 Å². The third-order valence-corrected chi connectivity index (χ3v) is 4.59. The smallest absolute Gasteiger partial charge is 0.405 e. The number of carbonyl (C=O) groups is 1. The lowest BCUT2D eigenvalue weighted by Gasteiger charge is -2.26. The molecule has 0 radical (unpaired) electrons. The number of primary amides is 1. The molecular formula is C21H26F2N2O2. The van der Waals surface area contributed by atoms with E-state index in [9.17, 15) is 13.6 Å². The van der Waals surface area contributed by atoms with Crippen molar-refractivity contribution in [2.45, 2.75) is 25.9 Å². The van der Waals surface area contributed by atoms with Crippen LogP contribution in [0, 0.1) is 17.6 Å². The molecule has 1 heterocycles. The fraction of sp³-hybridized carbons (Fsp3) is 0.381. The van der Waals surface area contributed by atoms with Gasteiger partial charge >= 0.3 is 6.09 Å². The van der Waals surface area contributed by atoms with Crippen LogP contribution in [-0.2, 0) is 4.74 Å². The second-order valence-corrected chi connectivity index (χ2v) is 6.91. The van der Waals surface area contributed by atoms with Crippen LogP contribution in [-0.4, -0.2) is 31.1 Å². The second-order valence-electron chi connectivity index (χ2n) is 6.91. The predicted octanol–water partition coefficient (Wildman–Crippen LogP) is 4.50. The first-order valence-electron chi connectivity index (χ1n) is 9.00. The van der Waals surface area contributed by atoms with Gasteiger partial charge in [0.15, 0.2) is 6.10 Å². The number of benzene rings is 2. The molecule has 0 aliphatic carbocycles. The molecule has 0 aromatic heterocycles. The molecule has 3 rings (SSSR count). The van der Waals surface area contributed by atoms with Crippen LogP contribution < -0.4 is 5.73 Å². The Hall–Kier alpha value is -2.47. The highest BCUT2D eigenvalue weighted by Crippen LogP contribution is 2.26. The summed E-state index contributed by atoms with van der Waals surface area (Å²) in [5, 5.41) is 0. The molecule has 0 atom stereocenters. The van der Waals surface area contributed by atoms with Crippen LogP contribution in [0.5, 0.6) is 0 Å². The highest BCUT2D eigenvalue weighted by Gasteiger charge is 2.18. The lowest BCUT2D eigenvalue weighted by molar-refractivity contribution is 0.126. The number of nitrogens with zero attached hydrogens (tertiary/aromatic N) is 1. The van der Waals surface area contributed by atoms with E-state index in [4.69, 9.17) is 10.5 Å². The predicted molar refractivity (Wildman–Crippen MR) is 101 cm³/mol. The summed E-state index contributed by atoms with van der Waals surface area (Å²) in [4.78, 5) is 13.3. The van der Waals surface area contributed by atoms with E-state index in [1.54, 1.807) is 0 Å². The van der Waals surface area contributed by atoms with Gasteiger partial charge in [0.1, 0.15) is 11.6 Å². The number of carbonyl (C=O) groups excluding carboxylic acids is 1. The first-order chi connectivity index (χ1) is 12.8. The van der Waals surface area contributed by atoms with E-state index in [1.165, 1.54) is 74.5 Å². The minimum Gasteiger partial charge on any atom is -0.437 e. The number of halogens is 2. The zero-order valence-electron chi connectivity index (χ0n) is 15.7. The van der Waals surface area contributed by atoms with Gasteiger partial charge in [0.05, 0.1) is 0 Å². The topological polar surface area (TPSA) is 55.6 Å². The zero-order chi connectivity index (χ0) is 19.8. The Labute approximate surface area is 158 Å². The van der Waals surface area contributed by atoms with Crippen molar-refractivity contribution >= 4 is 6.09 Å². The van der Waals surface area contributed by atoms with Gasteiger partial charge in [-0.1, -0.05) is 31.2 Å². The molecule has 1 aliphatic rings. The van der Waals surface area contributed by atoms with E-state index in [0.717, 1.165) is 5.92 Å². The van der Waals surface area contributed by atoms with Crippen LogP contribution in [0.3, 0.4) is 0 Å². The van der Waals surface area contributed by atoms with E-state index >= 15 is 0 Å². The molecule has 4 nitrogen and oxygen atoms in total. The van der Waals surface area contributed by atoms with Crippen LogP contribution in [0.4, 0.5) is 13.6 Å². The van der Waals surface area contributed by atoms with Crippen LogP contribution in [0.1, 0.15) is 37.0 Å². The number of rotatable bonds is 3. The van der Waals surface area contributed by atoms with Crippen molar-refractivity contribution in [3.63, 3.8) is 0 Å². The fourth-order valence-corrected chi connectivity index (χ4v) is 2.86. The van der Waals surface area contributed by atoms with Crippen molar-refractivity contribution in [3.8, 4) is 0 Å². The molecule has 1 saturated heterocycles. The first kappa shape index (κ1) is 20.8. The summed E-state index contributed by atoms with van der Waals surface area (Å²) in [7, 11) is 2.20. The Morgan fingerprint density at radius 2 is 1.41 bits per heavy atom. The number of nitrogens with two attached hydrogens (primary N) is 1. The molecule has 0 bridgehead atoms. The van der Waals surface area contributed by atoms with E-state index < -0.39 is 23.8 Å². The summed E-state index contributed by atoms with van der Waals surface area (Å²) in [6, 6.07) is 10.9. The van der Waals surface area contributed by atoms with Gasteiger partial charge in [-0.15, -0.1) is 0 Å². The van der Waals surface area contributed by atoms with Crippen molar-refractivity contribution < 1.29 is 18.3 Å². The van der Waals surface area contributed by atoms with Gasteiger partial charge in [-0.2, -0.15) is 0 Å². The van der Waals surface area contributed by atoms with E-state index in [-0.39, 0.29) is 0 Å². The summed E-state index contributed by atoms with van der Waals surface area (Å²) < 4.78 is 30.8. The Balaban J connectivity index is 0.000000273. The van der Waals surface area contributed by atoms with Crippen LogP contribution in [0.25, 0.3) is 0 Å². The molecule has 0 unspecified atom stereocenters. The van der Waals surface area contributed by atoms with Gasteiger partial charge in [-0.25, -0.2) is 13.6 Å². The molecule has 146 valence electrons. The third kappa shape index (κ3) is 6.98. The molecule has 2 N–H and O–H groups in total. The summed E-state index contributed by atoms with van der Waals surface area (Å²) in [6.07, 6.45) is 1.05. The molecule has 0 spiro atoms. The molecule has 1 amide bonds. The molecule has 1 aliphatic heterocycles. The summed E-state index contributed by atoms with van der Waals surface area (Å²) in [5.74, 6) is 0.174. The van der Waals surface area contributed by atoms with Gasteiger partial charge in [0.2, 0.25) is 0 Å². The monoisotopic (exact) mass is 376 g/mol. The van der Waals surface area contributed by atoms with Gasteiger partial charge < -0.3 is 15.4 Å². The number of amides is 1. The lowest BCUT2D eigenvalue weighted by Crippen LogP contribution is -2.28. The molecule has 27 heavy (non-hydrogen) atoms. The largest absolute Gasteiger partial charge is 0.437 e. The Bertz CT molecular complexity index is 656. The normalized spacial score (nSPS) is 15.1. The van der Waals surface area contributed by atoms with Gasteiger partial charge in [-0.3, -0.25) is 0 Å². The zero-order valence-corrected chi connectivity index (χ0v) is 15.7. The summed E-state index contributed by atoms with van der Waals surface area (Å²) in [6.45, 7) is 4.95. The van der Waals surface area contributed by atoms with Crippen molar-refractivity contribution in [3.05, 3.63) is 71.3 Å². The number of hydrogen-bond donors (Lipinski definition) is 1. The quantitative estimate of drug-likeness (QED) is 0.858. The lowest BCUT2D eigenvalue weighted by atomic mass is 10.00. The Morgan fingerprint density at radius 3 is 1.74 bits per heavy atom. The molecular weight excluding hydrogens is 350 g/mol. The van der Waals surface area contributed by atoms with Crippen LogP contribution >= 0.6 is 0 Å². The average Bonchev–Trinajstić information content (AvgIpc) is 2.64. The minimum atomic E-state index is -0.960. The highest BCUT2D eigenvalue weighted by atomic mass is 19.1. The SMILES string of the molecule is CC1CCN(C)CC1.NC(=O)OC(c1ccc(F)cc1)c1ccc(F)cc1. The average molecular weight is 376 g/mol. The van der Waals surface area contributed by atoms with Crippen molar-refractivity contribution in [2.75, 3.05) is 20.1 Å². The minimum absolute atomic E-state index is 0.402. The van der Waals surface area contributed by atoms with Crippen molar-refractivity contribution in [1.29, 1.82) is 0 Å². The molecule has 2 aromatic carbocycles. The number of likely N-dealkylation sites (tertiary alicyclic amines) is 1. The maximum absolute atomic E-state index is 12.9. The first-order valence-corrected chi connectivity index (χ1v) is 9.00. The van der Waals surface area contributed by atoms with Gasteiger partial charge in [-0.05, 0) is 74.3 Å². The van der Waals surface area contributed by atoms with Crippen LogP contribution in [0.2, 0.25) is 0 Å². The second kappa shape index (κ2) is 10.0. The van der Waals surface area contributed by atoms with Crippen molar-refractivity contribution in [2.24, 2.45) is 11.7 Å². The molecule has 6 heteroatoms. The third-order valence-electron chi connectivity index (χ3n) is 4.59. The maximum atomic E-state index is 12.9. The Kier molecular flexibility index (Phi) is 7.73. The molecule has 1 fully saturated rings.